The van der Waals surface area contributed by atoms with Gasteiger partial charge in [-0.05, 0) is 196 Å². The van der Waals surface area contributed by atoms with Crippen molar-refractivity contribution in [2.45, 2.75) is 50.7 Å². The van der Waals surface area contributed by atoms with Crippen molar-refractivity contribution in [2.75, 3.05) is 67.4 Å². The zero-order chi connectivity index (χ0) is 82.5. The van der Waals surface area contributed by atoms with Crippen LogP contribution in [0.4, 0.5) is 68.2 Å². The molecule has 120 heavy (non-hydrogen) atoms. The summed E-state index contributed by atoms with van der Waals surface area (Å²) >= 11 is 6.80. The van der Waals surface area contributed by atoms with E-state index in [0.717, 1.165) is 157 Å². The van der Waals surface area contributed by atoms with Crippen LogP contribution in [0, 0.1) is 27.7 Å². The summed E-state index contributed by atoms with van der Waals surface area (Å²) in [4.78, 5) is 42.4. The summed E-state index contributed by atoms with van der Waals surface area (Å²) in [5.74, 6) is 5.30. The Morgan fingerprint density at radius 1 is 0.208 bits per heavy atom. The highest BCUT2D eigenvalue weighted by Crippen LogP contribution is 2.44. The van der Waals surface area contributed by atoms with Crippen molar-refractivity contribution in [1.82, 2.24) is 0 Å². The van der Waals surface area contributed by atoms with Gasteiger partial charge in [0, 0.05) is 96.7 Å². The number of thioether (sulfide) groups is 4. The highest BCUT2D eigenvalue weighted by Gasteiger charge is 2.38. The highest BCUT2D eigenvalue weighted by atomic mass is 32.2. The zero-order valence-electron chi connectivity index (χ0n) is 68.8. The SMILES string of the molecule is Cc1ccc(N2C(=Nc3ccccc3)SCc3cccc(c3)CSC(=Nc3ccccc3)N(c3ccc(C)cc3)/C(N(C)c3ccccc3)=C(/N(C)c3ccccc3)N(c3ccc(C)cc3)C(=Nc3ccccc3)SCc3cccc(c3)CSC(=Nc3ccccc3)N(c3ccc(C)cc3)/C(N(C)c3ccccc3)=C\2N(C)c2ccccc2)cc1. The van der Waals surface area contributed by atoms with Crippen molar-refractivity contribution in [3.8, 4) is 0 Å². The van der Waals surface area contributed by atoms with Gasteiger partial charge >= 0.3 is 0 Å². The number of amidine groups is 4. The summed E-state index contributed by atoms with van der Waals surface area (Å²) < 4.78 is 0. The number of hydrogen-bond donors (Lipinski definition) is 0. The topological polar surface area (TPSA) is 75.4 Å². The van der Waals surface area contributed by atoms with Crippen molar-refractivity contribution in [3.63, 3.8) is 0 Å². The van der Waals surface area contributed by atoms with Gasteiger partial charge < -0.3 is 19.6 Å². The molecule has 0 aliphatic carbocycles. The van der Waals surface area contributed by atoms with Gasteiger partial charge in [-0.15, -0.1) is 0 Å². The lowest BCUT2D eigenvalue weighted by Crippen LogP contribution is -2.46. The van der Waals surface area contributed by atoms with E-state index in [1.165, 1.54) is 0 Å². The van der Waals surface area contributed by atoms with Crippen LogP contribution < -0.4 is 39.2 Å². The second-order valence-electron chi connectivity index (χ2n) is 29.3. The van der Waals surface area contributed by atoms with Gasteiger partial charge in [-0.2, -0.15) is 0 Å². The van der Waals surface area contributed by atoms with Crippen molar-refractivity contribution in [1.29, 1.82) is 0 Å². The number of aryl methyl sites for hydroxylation is 4. The van der Waals surface area contributed by atoms with E-state index in [1.54, 1.807) is 47.0 Å². The molecule has 14 aromatic rings. The van der Waals surface area contributed by atoms with Gasteiger partial charge in [-0.1, -0.05) is 312 Å². The number of nitrogens with zero attached hydrogens (tertiary/aromatic N) is 12. The molecule has 0 saturated carbocycles. The fraction of sp³-hybridized carbons (Fsp3) is 0.115. The molecule has 0 spiro atoms. The summed E-state index contributed by atoms with van der Waals surface area (Å²) in [5, 5.41) is 2.93. The third-order valence-corrected chi connectivity index (χ3v) is 24.4. The third-order valence-electron chi connectivity index (χ3n) is 20.4. The van der Waals surface area contributed by atoms with Crippen LogP contribution in [-0.4, -0.2) is 48.9 Å². The number of benzene rings is 14. The maximum Gasteiger partial charge on any atom is 0.175 e. The van der Waals surface area contributed by atoms with Crippen molar-refractivity contribution < 1.29 is 0 Å². The van der Waals surface area contributed by atoms with E-state index in [9.17, 15) is 0 Å². The molecule has 4 bridgehead atoms. The van der Waals surface area contributed by atoms with Crippen molar-refractivity contribution in [2.24, 2.45) is 20.0 Å². The maximum atomic E-state index is 5.89. The van der Waals surface area contributed by atoms with Gasteiger partial charge in [0.25, 0.3) is 0 Å². The molecule has 1 aliphatic heterocycles. The van der Waals surface area contributed by atoms with Crippen LogP contribution in [0.5, 0.6) is 0 Å². The number of hydrogen-bond acceptors (Lipinski definition) is 12. The van der Waals surface area contributed by atoms with Gasteiger partial charge in [0.05, 0.1) is 22.7 Å². The van der Waals surface area contributed by atoms with Crippen LogP contribution in [0.3, 0.4) is 0 Å². The van der Waals surface area contributed by atoms with E-state index in [2.05, 4.69) is 483 Å². The van der Waals surface area contributed by atoms with Gasteiger partial charge in [-0.25, -0.2) is 20.0 Å². The Morgan fingerprint density at radius 3 is 0.567 bits per heavy atom. The molecule has 16 heteroatoms. The molecule has 1 aliphatic rings. The molecule has 0 fully saturated rings. The summed E-state index contributed by atoms with van der Waals surface area (Å²) in [6.45, 7) is 8.59. The molecule has 14 aromatic carbocycles. The molecule has 12 nitrogen and oxygen atoms in total. The standard InChI is InChI=1S/C104H96N12S4/c1-77-55-63-93(64-56-77)113-97(109(5)89-47-25-13-26-48-89)98(110(6)90-49-27-14-28-50-90)114(94-65-57-78(2)58-66-94)102(106-86-41-19-10-20-42-86)118-74-83-37-34-38-84(72-83)76-120-104(108-88-45-23-12-24-46-88)116(96-69-61-80(4)62-70-96)100(112(8)92-53-31-16-32-54-92)99(111(7)91-51-29-15-30-52-91)115(95-67-59-79(3)60-68-95)103(107-87-43-21-11-22-44-87)119-75-82-36-33-35-81(71-82)73-117-101(113)105-85-39-17-9-18-40-85/h9-72H,73-76H2,1-8H3/b98-97-,100-99-,105-101?,106-102?,107-103?,108-104?. The minimum Gasteiger partial charge on any atom is -0.327 e. The summed E-state index contributed by atoms with van der Waals surface area (Å²) in [6.07, 6.45) is 0. The number of aliphatic imine (C=N–C) groups is 4. The second-order valence-corrected chi connectivity index (χ2v) is 33.0. The molecule has 15 rings (SSSR count). The first-order valence-electron chi connectivity index (χ1n) is 40.1. The molecule has 1 heterocycles. The van der Waals surface area contributed by atoms with E-state index in [4.69, 9.17) is 20.0 Å². The first-order chi connectivity index (χ1) is 58.8. The third kappa shape index (κ3) is 20.6. The van der Waals surface area contributed by atoms with Crippen LogP contribution in [0.25, 0.3) is 0 Å². The summed E-state index contributed by atoms with van der Waals surface area (Å²) in [7, 11) is 8.72. The quantitative estimate of drug-likeness (QED) is 0.0925. The average molecular weight is 1640 g/mol. The Bertz CT molecular complexity index is 5170. The highest BCUT2D eigenvalue weighted by molar-refractivity contribution is 8.14. The lowest BCUT2D eigenvalue weighted by molar-refractivity contribution is 0.924. The number of para-hydroxylation sites is 8. The Kier molecular flexibility index (Phi) is 27.4. The largest absolute Gasteiger partial charge is 0.327 e. The number of anilines is 8. The molecule has 0 atom stereocenters. The van der Waals surface area contributed by atoms with Crippen LogP contribution in [0.1, 0.15) is 44.5 Å². The first-order valence-corrected chi connectivity index (χ1v) is 44.1. The molecule has 0 aromatic heterocycles. The smallest absolute Gasteiger partial charge is 0.175 e. The van der Waals surface area contributed by atoms with E-state index in [1.807, 2.05) is 0 Å². The summed E-state index contributed by atoms with van der Waals surface area (Å²) in [6, 6.07) is 138. The van der Waals surface area contributed by atoms with Crippen molar-refractivity contribution in [3.05, 3.63) is 456 Å². The van der Waals surface area contributed by atoms with Crippen molar-refractivity contribution >= 4 is 136 Å². The summed E-state index contributed by atoms with van der Waals surface area (Å²) in [5.41, 5.74) is 19.5. The molecule has 0 unspecified atom stereocenters. The minimum absolute atomic E-state index is 0.528. The van der Waals surface area contributed by atoms with E-state index in [-0.39, 0.29) is 0 Å². The van der Waals surface area contributed by atoms with E-state index < -0.39 is 0 Å². The first kappa shape index (κ1) is 82.2. The van der Waals surface area contributed by atoms with E-state index in [0.29, 0.717) is 23.0 Å². The predicted octanol–water partition coefficient (Wildman–Crippen LogP) is 27.1. The van der Waals surface area contributed by atoms with Gasteiger partial charge in [0.1, 0.15) is 0 Å². The molecule has 0 radical (unpaired) electrons. The maximum absolute atomic E-state index is 5.89. The molecule has 0 N–H and O–H groups in total. The zero-order valence-corrected chi connectivity index (χ0v) is 72.0. The lowest BCUT2D eigenvalue weighted by Gasteiger charge is -2.42. The van der Waals surface area contributed by atoms with Gasteiger partial charge in [0.2, 0.25) is 0 Å². The predicted molar refractivity (Wildman–Crippen MR) is 520 cm³/mol. The monoisotopic (exact) mass is 1640 g/mol. The number of rotatable bonds is 16. The Morgan fingerprint density at radius 2 is 0.383 bits per heavy atom. The average Bonchev–Trinajstić information content (AvgIpc) is 0.756. The number of fused-ring (bicyclic) bond motifs is 4. The molecule has 596 valence electrons. The fourth-order valence-corrected chi connectivity index (χ4v) is 17.9. The van der Waals surface area contributed by atoms with E-state index >= 15 is 0 Å². The Labute approximate surface area is 724 Å². The van der Waals surface area contributed by atoms with Crippen LogP contribution in [0.15, 0.2) is 432 Å². The van der Waals surface area contributed by atoms with Gasteiger partial charge in [-0.3, -0.25) is 19.6 Å². The molecular weight excluding hydrogens is 1550 g/mol. The molecule has 0 saturated heterocycles. The normalized spacial score (nSPS) is 16.2. The van der Waals surface area contributed by atoms with Gasteiger partial charge in [0.15, 0.2) is 44.0 Å². The van der Waals surface area contributed by atoms with Crippen LogP contribution in [-0.2, 0) is 23.0 Å². The fourth-order valence-electron chi connectivity index (χ4n) is 14.0. The van der Waals surface area contributed by atoms with Crippen LogP contribution >= 0.6 is 47.0 Å². The minimum atomic E-state index is 0.528. The Hall–Kier alpha value is -13.0. The molecular formula is C104H96N12S4. The lowest BCUT2D eigenvalue weighted by atomic mass is 10.2. The van der Waals surface area contributed by atoms with Crippen LogP contribution in [0.2, 0.25) is 0 Å². The Balaban J connectivity index is 1.03. The molecule has 0 amide bonds. The second kappa shape index (κ2) is 40.0.